The summed E-state index contributed by atoms with van der Waals surface area (Å²) in [6.45, 7) is 13.5. The minimum atomic E-state index is -4.09. The number of sulfonamides is 1. The summed E-state index contributed by atoms with van der Waals surface area (Å²) in [5.74, 6) is -1.88. The van der Waals surface area contributed by atoms with E-state index in [1.165, 1.54) is 11.0 Å². The molecular weight excluding hydrogens is 1030 g/mol. The Morgan fingerprint density at radius 3 is 2.31 bits per heavy atom. The molecule has 2 unspecified atom stereocenters. The highest BCUT2D eigenvalue weighted by molar-refractivity contribution is 14.1. The van der Waals surface area contributed by atoms with Crippen LogP contribution in [0, 0.1) is 17.8 Å². The number of fused-ring (bicyclic) bond motifs is 5. The van der Waals surface area contributed by atoms with Crippen LogP contribution in [0.4, 0.5) is 9.59 Å². The fourth-order valence-electron chi connectivity index (χ4n) is 10.3. The molecule has 2 saturated heterocycles. The van der Waals surface area contributed by atoms with Gasteiger partial charge in [-0.3, -0.25) is 14.4 Å². The van der Waals surface area contributed by atoms with Crippen LogP contribution in [-0.2, 0) is 40.3 Å². The first-order valence-electron chi connectivity index (χ1n) is 25.4. The van der Waals surface area contributed by atoms with Crippen molar-refractivity contribution >= 4 is 73.4 Å². The van der Waals surface area contributed by atoms with Crippen LogP contribution in [-0.4, -0.2) is 117 Å². The number of alkyl halides is 1. The van der Waals surface area contributed by atoms with Crippen LogP contribution in [0.15, 0.2) is 36.9 Å². The quantitative estimate of drug-likeness (QED) is 0.0909. The van der Waals surface area contributed by atoms with E-state index in [1.807, 2.05) is 45.0 Å². The van der Waals surface area contributed by atoms with Crippen molar-refractivity contribution in [2.75, 3.05) is 19.6 Å². The maximum atomic E-state index is 15.2. The van der Waals surface area contributed by atoms with Gasteiger partial charge < -0.3 is 39.4 Å². The number of halogens is 1. The van der Waals surface area contributed by atoms with Crippen molar-refractivity contribution in [2.24, 2.45) is 17.8 Å². The predicted octanol–water partition coefficient (Wildman–Crippen LogP) is 7.61. The summed E-state index contributed by atoms with van der Waals surface area (Å²) in [7, 11) is -4.09. The second-order valence-corrected chi connectivity index (χ2v) is 25.6. The second-order valence-electron chi connectivity index (χ2n) is 21.7. The average Bonchev–Trinajstić information content (AvgIpc) is 4.22. The number of nitrogens with zero attached hydrogens (tertiary/aromatic N) is 3. The molecule has 8 rings (SSSR count). The lowest BCUT2D eigenvalue weighted by Gasteiger charge is -2.36. The van der Waals surface area contributed by atoms with Gasteiger partial charge in [0, 0.05) is 43.7 Å². The smallest absolute Gasteiger partial charge is 0.410 e. The van der Waals surface area contributed by atoms with Crippen molar-refractivity contribution in [3.8, 4) is 11.6 Å². The molecule has 1 aromatic carbocycles. The Morgan fingerprint density at radius 2 is 1.64 bits per heavy atom. The van der Waals surface area contributed by atoms with Crippen molar-refractivity contribution in [3.63, 3.8) is 0 Å². The molecule has 2 aromatic rings. The number of hydrogen-bond donors (Lipinski definition) is 3. The molecule has 19 heteroatoms. The van der Waals surface area contributed by atoms with Crippen molar-refractivity contribution in [2.45, 2.75) is 182 Å². The van der Waals surface area contributed by atoms with Gasteiger partial charge in [0.2, 0.25) is 27.7 Å². The highest BCUT2D eigenvalue weighted by Crippen LogP contribution is 2.44. The van der Waals surface area contributed by atoms with Gasteiger partial charge in [-0.25, -0.2) is 27.7 Å². The molecule has 6 aliphatic rings. The number of para-hydroxylation sites is 1. The number of alkyl carbamates (subject to hydrolysis) is 1. The Balaban J connectivity index is 1.14. The van der Waals surface area contributed by atoms with Crippen LogP contribution in [0.25, 0.3) is 10.9 Å². The van der Waals surface area contributed by atoms with E-state index in [0.29, 0.717) is 75.2 Å². The molecule has 0 spiro atoms. The van der Waals surface area contributed by atoms with Gasteiger partial charge in [-0.2, -0.15) is 0 Å². The van der Waals surface area contributed by atoms with Gasteiger partial charge in [0.1, 0.15) is 41.7 Å². The monoisotopic (exact) mass is 1100 g/mol. The SMILES string of the molecule is C=CC(C)C(I)(NC(=O)[C@@H]1C[C@@H]2CN1C(=O)[C@H](C1CCCCC1)NC(=O)O[C@@H]1C[C@H]1CCCCCc1c(nc3ccccc3c1OC1CCN(C(=O)OC(C)(C)C)CC1)O2)C(=O)NS(=O)(=O)C1(C)CC1. The van der Waals surface area contributed by atoms with Crippen molar-refractivity contribution in [1.29, 1.82) is 0 Å². The van der Waals surface area contributed by atoms with Gasteiger partial charge in [-0.15, -0.1) is 6.58 Å². The maximum Gasteiger partial charge on any atom is 0.410 e. The third-order valence-corrected chi connectivity index (χ3v) is 19.0. The normalized spacial score (nSPS) is 27.1. The minimum Gasteiger partial charge on any atom is -0.489 e. The van der Waals surface area contributed by atoms with Crippen molar-refractivity contribution in [3.05, 3.63) is 42.5 Å². The molecule has 3 saturated carbocycles. The molecule has 3 aliphatic heterocycles. The summed E-state index contributed by atoms with van der Waals surface area (Å²) in [6, 6.07) is 5.50. The molecule has 4 heterocycles. The van der Waals surface area contributed by atoms with Gasteiger partial charge in [0.15, 0.2) is 3.55 Å². The molecule has 1 aromatic heterocycles. The number of carbonyl (C=O) groups excluding carboxylic acids is 5. The number of nitrogens with one attached hydrogen (secondary N) is 3. The zero-order chi connectivity index (χ0) is 50.2. The predicted molar refractivity (Wildman–Crippen MR) is 271 cm³/mol. The van der Waals surface area contributed by atoms with Crippen LogP contribution in [0.3, 0.4) is 0 Å². The van der Waals surface area contributed by atoms with E-state index < -0.39 is 71.8 Å². The number of likely N-dealkylation sites (tertiary alicyclic amines) is 1. The van der Waals surface area contributed by atoms with Crippen LogP contribution in [0.5, 0.6) is 11.6 Å². The molecule has 3 N–H and O–H groups in total. The van der Waals surface area contributed by atoms with Gasteiger partial charge in [-0.05, 0) is 126 Å². The summed E-state index contributed by atoms with van der Waals surface area (Å²) < 4.78 is 51.6. The third-order valence-electron chi connectivity index (χ3n) is 15.1. The molecule has 2 bridgehead atoms. The number of aromatic nitrogens is 1. The molecule has 5 fully saturated rings. The number of pyridine rings is 1. The van der Waals surface area contributed by atoms with E-state index >= 15 is 4.79 Å². The van der Waals surface area contributed by atoms with Gasteiger partial charge in [-0.1, -0.05) is 57.2 Å². The number of hydrogen-bond acceptors (Lipinski definition) is 12. The Morgan fingerprint density at radius 1 is 0.971 bits per heavy atom. The largest absolute Gasteiger partial charge is 0.489 e. The lowest BCUT2D eigenvalue weighted by Crippen LogP contribution is -2.63. The minimum absolute atomic E-state index is 0.0103. The molecule has 3 aliphatic carbocycles. The highest BCUT2D eigenvalue weighted by atomic mass is 127. The summed E-state index contributed by atoms with van der Waals surface area (Å²) in [6.07, 6.45) is 10.1. The van der Waals surface area contributed by atoms with Gasteiger partial charge in [0.05, 0.1) is 22.4 Å². The van der Waals surface area contributed by atoms with E-state index in [0.717, 1.165) is 62.3 Å². The van der Waals surface area contributed by atoms with Gasteiger partial charge >= 0.3 is 12.2 Å². The summed E-state index contributed by atoms with van der Waals surface area (Å²) in [5, 5.41) is 6.63. The third kappa shape index (κ3) is 11.8. The summed E-state index contributed by atoms with van der Waals surface area (Å²) in [5.41, 5.74) is 0.794. The number of rotatable bonds is 10. The Hall–Kier alpha value is -4.40. The topological polar surface area (TPSA) is 212 Å². The molecule has 5 amide bonds. The average molecular weight is 1100 g/mol. The zero-order valence-corrected chi connectivity index (χ0v) is 44.2. The van der Waals surface area contributed by atoms with E-state index in [2.05, 4.69) is 21.9 Å². The standard InChI is InChI=1S/C51H71IN6O11S/c1-7-31(2)51(52,46(61)56-70(64,65)50(6)24-25-50)55-43(59)39-29-35-30-58(39)45(60)41(32-16-10-8-11-17-32)54-47(62)68-40-28-33(40)18-12-9-13-20-37-42(36-19-14-15-21-38(36)53-44(37)67-35)66-34-22-26-57(27-23-34)48(63)69-49(3,4)5/h7,14-15,19,21,31-35,39-41H,1,8-13,16-18,20,22-30H2,2-6H3,(H,54,62)(H,55,59)(H,56,61)/t31?,33-,35-,39+,40-,41+,51?/m1/s1. The Bertz CT molecular complexity index is 2430. The first-order chi connectivity index (χ1) is 33.2. The Kier molecular flexibility index (Phi) is 15.6. The fraction of sp³-hybridized carbons (Fsp3) is 0.686. The molecule has 0 radical (unpaired) electrons. The summed E-state index contributed by atoms with van der Waals surface area (Å²) in [4.78, 5) is 79.2. The lowest BCUT2D eigenvalue weighted by atomic mass is 9.83. The first-order valence-corrected chi connectivity index (χ1v) is 28.0. The first kappa shape index (κ1) is 51.9. The highest BCUT2D eigenvalue weighted by Gasteiger charge is 2.54. The van der Waals surface area contributed by atoms with Crippen LogP contribution in [0.2, 0.25) is 0 Å². The number of carbonyl (C=O) groups is 5. The van der Waals surface area contributed by atoms with Crippen LogP contribution in [0.1, 0.15) is 136 Å². The van der Waals surface area contributed by atoms with Crippen molar-refractivity contribution in [1.82, 2.24) is 30.1 Å². The molecule has 384 valence electrons. The van der Waals surface area contributed by atoms with Crippen LogP contribution >= 0.6 is 22.6 Å². The van der Waals surface area contributed by atoms with E-state index in [-0.39, 0.29) is 43.1 Å². The number of piperidine rings is 1. The second kappa shape index (κ2) is 21.0. The van der Waals surface area contributed by atoms with E-state index in [1.54, 1.807) is 41.3 Å². The zero-order valence-electron chi connectivity index (χ0n) is 41.3. The molecule has 17 nitrogen and oxygen atoms in total. The number of benzene rings is 1. The molecule has 70 heavy (non-hydrogen) atoms. The fourth-order valence-corrected chi connectivity index (χ4v) is 12.4. The van der Waals surface area contributed by atoms with Crippen molar-refractivity contribution < 1.29 is 51.3 Å². The number of ether oxygens (including phenoxy) is 4. The maximum absolute atomic E-state index is 15.2. The Labute approximate surface area is 425 Å². The number of amides is 5. The lowest BCUT2D eigenvalue weighted by molar-refractivity contribution is -0.142. The molecular formula is C51H71IN6O11S. The van der Waals surface area contributed by atoms with Crippen LogP contribution < -0.4 is 24.8 Å². The van der Waals surface area contributed by atoms with E-state index in [4.69, 9.17) is 23.9 Å². The van der Waals surface area contributed by atoms with Gasteiger partial charge in [0.25, 0.3) is 5.91 Å². The summed E-state index contributed by atoms with van der Waals surface area (Å²) >= 11 is 1.78. The van der Waals surface area contributed by atoms with E-state index in [9.17, 15) is 27.6 Å². The molecule has 7 atom stereocenters.